The average molecular weight is 340 g/mol. The minimum absolute atomic E-state index is 0.0266. The van der Waals surface area contributed by atoms with Crippen molar-refractivity contribution in [3.8, 4) is 0 Å². The fourth-order valence-electron chi connectivity index (χ4n) is 3.18. The first-order chi connectivity index (χ1) is 11.6. The molecule has 3 aromatic rings. The van der Waals surface area contributed by atoms with Crippen LogP contribution >= 0.6 is 11.3 Å². The highest BCUT2D eigenvalue weighted by molar-refractivity contribution is 7.11. The highest BCUT2D eigenvalue weighted by Crippen LogP contribution is 2.28. The monoisotopic (exact) mass is 340 g/mol. The maximum Gasteiger partial charge on any atom is 0.265 e. The van der Waals surface area contributed by atoms with Crippen molar-refractivity contribution in [2.45, 2.75) is 19.3 Å². The van der Waals surface area contributed by atoms with Crippen molar-refractivity contribution < 1.29 is 4.79 Å². The summed E-state index contributed by atoms with van der Waals surface area (Å²) in [6.45, 7) is 3.14. The molecule has 7 heteroatoms. The Kier molecular flexibility index (Phi) is 3.65. The molecule has 0 aromatic carbocycles. The van der Waals surface area contributed by atoms with Crippen LogP contribution in [0.15, 0.2) is 34.7 Å². The number of nitrogens with zero attached hydrogens (tertiary/aromatic N) is 3. The number of likely N-dealkylation sites (tertiary alicyclic amines) is 1. The molecule has 122 valence electrons. The molecule has 1 unspecified atom stereocenters. The molecule has 6 nitrogen and oxygen atoms in total. The number of H-pyrrole nitrogens is 1. The second-order valence-electron chi connectivity index (χ2n) is 5.99. The van der Waals surface area contributed by atoms with Crippen LogP contribution in [0.2, 0.25) is 0 Å². The zero-order valence-corrected chi connectivity index (χ0v) is 14.0. The molecule has 4 rings (SSSR count). The number of nitrogens with one attached hydrogen (secondary N) is 1. The summed E-state index contributed by atoms with van der Waals surface area (Å²) in [5.41, 5.74) is 3.89. The van der Waals surface area contributed by atoms with Crippen molar-refractivity contribution in [3.63, 3.8) is 0 Å². The summed E-state index contributed by atoms with van der Waals surface area (Å²) in [6.07, 6.45) is 2.51. The number of thiazole rings is 1. The van der Waals surface area contributed by atoms with E-state index in [-0.39, 0.29) is 17.4 Å². The van der Waals surface area contributed by atoms with Gasteiger partial charge in [0.2, 0.25) is 0 Å². The van der Waals surface area contributed by atoms with Crippen molar-refractivity contribution in [2.75, 3.05) is 13.1 Å². The Balaban J connectivity index is 1.60. The van der Waals surface area contributed by atoms with Gasteiger partial charge < -0.3 is 9.88 Å². The molecule has 3 aromatic heterocycles. The van der Waals surface area contributed by atoms with E-state index in [1.807, 2.05) is 17.9 Å². The van der Waals surface area contributed by atoms with Crippen molar-refractivity contribution in [1.29, 1.82) is 0 Å². The van der Waals surface area contributed by atoms with E-state index in [1.165, 1.54) is 11.3 Å². The molecule has 1 N–H and O–H groups in total. The maximum atomic E-state index is 12.6. The number of aromatic nitrogens is 3. The molecular formula is C17H16N4O2S. The molecule has 1 saturated heterocycles. The Morgan fingerprint density at radius 3 is 3.08 bits per heavy atom. The lowest BCUT2D eigenvalue weighted by Gasteiger charge is -2.16. The summed E-state index contributed by atoms with van der Waals surface area (Å²) in [5, 5.41) is 0.590. The Bertz CT molecular complexity index is 978. The molecule has 1 aliphatic heterocycles. The summed E-state index contributed by atoms with van der Waals surface area (Å²) in [4.78, 5) is 38.7. The van der Waals surface area contributed by atoms with Gasteiger partial charge in [-0.25, -0.2) is 4.98 Å². The molecule has 1 atom stereocenters. The molecule has 24 heavy (non-hydrogen) atoms. The maximum absolute atomic E-state index is 12.6. The van der Waals surface area contributed by atoms with Gasteiger partial charge in [-0.3, -0.25) is 14.6 Å². The number of rotatable bonds is 2. The van der Waals surface area contributed by atoms with Crippen LogP contribution in [-0.2, 0) is 0 Å². The molecule has 1 amide bonds. The summed E-state index contributed by atoms with van der Waals surface area (Å²) < 4.78 is 0. The van der Waals surface area contributed by atoms with Crippen LogP contribution in [0.4, 0.5) is 0 Å². The number of carbonyl (C=O) groups excluding carboxylic acids is 1. The number of hydrogen-bond donors (Lipinski definition) is 1. The third-order valence-corrected chi connectivity index (χ3v) is 5.40. The van der Waals surface area contributed by atoms with Gasteiger partial charge in [0.05, 0.1) is 22.1 Å². The Morgan fingerprint density at radius 1 is 1.42 bits per heavy atom. The van der Waals surface area contributed by atoms with Crippen molar-refractivity contribution in [2.24, 2.45) is 0 Å². The van der Waals surface area contributed by atoms with Gasteiger partial charge >= 0.3 is 0 Å². The van der Waals surface area contributed by atoms with Gasteiger partial charge in [0.15, 0.2) is 0 Å². The normalized spacial score (nSPS) is 17.5. The standard InChI is InChI=1S/C17H16N4O2S/c1-10-15(24-9-19-10)17(23)21-6-4-11(8-21)13-7-14-12(16(22)20-13)3-2-5-18-14/h2-3,5,7,9,11H,4,6,8H2,1H3,(H,20,22). The summed E-state index contributed by atoms with van der Waals surface area (Å²) in [6, 6.07) is 5.44. The molecule has 0 aliphatic carbocycles. The van der Waals surface area contributed by atoms with Gasteiger partial charge in [-0.2, -0.15) is 0 Å². The lowest BCUT2D eigenvalue weighted by molar-refractivity contribution is 0.0794. The number of aryl methyl sites for hydroxylation is 1. The van der Waals surface area contributed by atoms with Crippen LogP contribution in [-0.4, -0.2) is 38.8 Å². The quantitative estimate of drug-likeness (QED) is 0.776. The van der Waals surface area contributed by atoms with E-state index < -0.39 is 0 Å². The van der Waals surface area contributed by atoms with E-state index in [0.717, 1.165) is 17.8 Å². The topological polar surface area (TPSA) is 79.0 Å². The first kappa shape index (κ1) is 15.0. The zero-order chi connectivity index (χ0) is 16.7. The summed E-state index contributed by atoms with van der Waals surface area (Å²) in [7, 11) is 0. The number of pyridine rings is 2. The highest BCUT2D eigenvalue weighted by Gasteiger charge is 2.30. The zero-order valence-electron chi connectivity index (χ0n) is 13.2. The minimum atomic E-state index is -0.126. The lowest BCUT2D eigenvalue weighted by atomic mass is 10.0. The SMILES string of the molecule is Cc1ncsc1C(=O)N1CCC(c2cc3ncccc3c(=O)[nH]2)C1. The van der Waals surface area contributed by atoms with Gasteiger partial charge in [-0.15, -0.1) is 11.3 Å². The van der Waals surface area contributed by atoms with Gasteiger partial charge in [-0.05, 0) is 31.5 Å². The third-order valence-electron chi connectivity index (χ3n) is 4.49. The Morgan fingerprint density at radius 2 is 2.29 bits per heavy atom. The number of hydrogen-bond acceptors (Lipinski definition) is 5. The van der Waals surface area contributed by atoms with Crippen molar-refractivity contribution >= 4 is 28.1 Å². The molecule has 1 aliphatic rings. The number of amides is 1. The van der Waals surface area contributed by atoms with Crippen molar-refractivity contribution in [1.82, 2.24) is 19.9 Å². The largest absolute Gasteiger partial charge is 0.337 e. The first-order valence-corrected chi connectivity index (χ1v) is 8.69. The Labute approximate surface area is 142 Å². The van der Waals surface area contributed by atoms with Gasteiger partial charge in [0.1, 0.15) is 4.88 Å². The van der Waals surface area contributed by atoms with Crippen LogP contribution in [0.25, 0.3) is 10.9 Å². The minimum Gasteiger partial charge on any atom is -0.337 e. The molecule has 4 heterocycles. The number of fused-ring (bicyclic) bond motifs is 1. The van der Waals surface area contributed by atoms with E-state index in [1.54, 1.807) is 23.8 Å². The van der Waals surface area contributed by atoms with Gasteiger partial charge in [-0.1, -0.05) is 0 Å². The predicted molar refractivity (Wildman–Crippen MR) is 92.5 cm³/mol. The van der Waals surface area contributed by atoms with E-state index in [2.05, 4.69) is 15.0 Å². The van der Waals surface area contributed by atoms with E-state index >= 15 is 0 Å². The molecule has 0 saturated carbocycles. The third kappa shape index (κ3) is 2.50. The molecule has 1 fully saturated rings. The fourth-order valence-corrected chi connectivity index (χ4v) is 3.95. The smallest absolute Gasteiger partial charge is 0.265 e. The molecule has 0 radical (unpaired) electrons. The summed E-state index contributed by atoms with van der Waals surface area (Å²) >= 11 is 1.38. The van der Waals surface area contributed by atoms with E-state index in [4.69, 9.17) is 0 Å². The van der Waals surface area contributed by atoms with Crippen LogP contribution < -0.4 is 5.56 Å². The van der Waals surface area contributed by atoms with E-state index in [9.17, 15) is 9.59 Å². The second kappa shape index (κ2) is 5.83. The van der Waals surface area contributed by atoms with Crippen LogP contribution in [0.5, 0.6) is 0 Å². The number of carbonyl (C=O) groups is 1. The van der Waals surface area contributed by atoms with Crippen LogP contribution in [0, 0.1) is 6.92 Å². The van der Waals surface area contributed by atoms with Crippen LogP contribution in [0.1, 0.15) is 33.4 Å². The lowest BCUT2D eigenvalue weighted by Crippen LogP contribution is -2.28. The van der Waals surface area contributed by atoms with E-state index in [0.29, 0.717) is 28.9 Å². The fraction of sp³-hybridized carbons (Fsp3) is 0.294. The Hall–Kier alpha value is -2.54. The highest BCUT2D eigenvalue weighted by atomic mass is 32.1. The average Bonchev–Trinajstić information content (AvgIpc) is 3.23. The van der Waals surface area contributed by atoms with Crippen LogP contribution in [0.3, 0.4) is 0 Å². The molecular weight excluding hydrogens is 324 g/mol. The first-order valence-electron chi connectivity index (χ1n) is 7.81. The predicted octanol–water partition coefficient (Wildman–Crippen LogP) is 2.32. The van der Waals surface area contributed by atoms with Gasteiger partial charge in [0.25, 0.3) is 11.5 Å². The molecule has 0 bridgehead atoms. The van der Waals surface area contributed by atoms with Crippen molar-refractivity contribution in [3.05, 3.63) is 56.5 Å². The molecule has 0 spiro atoms. The number of aromatic amines is 1. The second-order valence-corrected chi connectivity index (χ2v) is 6.85. The van der Waals surface area contributed by atoms with Gasteiger partial charge in [0, 0.05) is 30.9 Å². The summed E-state index contributed by atoms with van der Waals surface area (Å²) in [5.74, 6) is 0.153.